The maximum Gasteiger partial charge on any atom is 0.256 e. The molecule has 0 spiro atoms. The van der Waals surface area contributed by atoms with Crippen LogP contribution in [0.4, 0.5) is 5.95 Å². The number of ether oxygens (including phenoxy) is 1. The molecule has 1 aromatic carbocycles. The second kappa shape index (κ2) is 7.00. The minimum atomic E-state index is -0.0306. The maximum absolute atomic E-state index is 12.8. The number of rotatable bonds is 2. The molecule has 2 aromatic rings. The molecule has 2 saturated heterocycles. The Morgan fingerprint density at radius 3 is 2.67 bits per heavy atom. The zero-order chi connectivity index (χ0) is 18.2. The number of likely N-dealkylation sites (tertiary alicyclic amines) is 1. The van der Waals surface area contributed by atoms with Crippen molar-refractivity contribution in [2.24, 2.45) is 0 Å². The summed E-state index contributed by atoms with van der Waals surface area (Å²) < 4.78 is 5.92. The summed E-state index contributed by atoms with van der Waals surface area (Å²) in [5.74, 6) is 1.55. The number of piperidine rings is 1. The van der Waals surface area contributed by atoms with Crippen molar-refractivity contribution in [1.82, 2.24) is 14.9 Å². The zero-order valence-corrected chi connectivity index (χ0v) is 15.6. The molecular weight excluding hydrogens is 340 g/mol. The Morgan fingerprint density at radius 2 is 1.85 bits per heavy atom. The van der Waals surface area contributed by atoms with Crippen LogP contribution in [0.3, 0.4) is 0 Å². The Balaban J connectivity index is 1.35. The normalized spacial score (nSPS) is 20.7. The molecule has 27 heavy (non-hydrogen) atoms. The monoisotopic (exact) mass is 366 g/mol. The van der Waals surface area contributed by atoms with E-state index >= 15 is 0 Å². The van der Waals surface area contributed by atoms with Gasteiger partial charge in [-0.1, -0.05) is 18.2 Å². The molecule has 0 amide bonds. The van der Waals surface area contributed by atoms with Crippen molar-refractivity contribution >= 4 is 5.95 Å². The van der Waals surface area contributed by atoms with E-state index in [4.69, 9.17) is 9.72 Å². The number of hydrogen-bond donors (Lipinski definition) is 1. The van der Waals surface area contributed by atoms with E-state index < -0.39 is 0 Å². The van der Waals surface area contributed by atoms with Crippen LogP contribution in [0.15, 0.2) is 29.1 Å². The summed E-state index contributed by atoms with van der Waals surface area (Å²) in [6.07, 6.45) is 5.53. The standard InChI is InChI=1S/C21H26N4O2/c26-20-17-13-15-5-1-2-6-19(15)27-14-18(17)22-21(23-20)25-11-7-16(8-12-25)24-9-3-4-10-24/h1-2,5-6,16H,3-4,7-14H2,(H,22,23,26). The quantitative estimate of drug-likeness (QED) is 0.884. The lowest BCUT2D eigenvalue weighted by Gasteiger charge is -2.37. The largest absolute Gasteiger partial charge is 0.487 e. The SMILES string of the molecule is O=c1[nH]c(N2CCC(N3CCCC3)CC2)nc2c1Cc1ccccc1OC2. The number of aromatic nitrogens is 2. The highest BCUT2D eigenvalue weighted by Crippen LogP contribution is 2.27. The van der Waals surface area contributed by atoms with Gasteiger partial charge >= 0.3 is 0 Å². The smallest absolute Gasteiger partial charge is 0.256 e. The summed E-state index contributed by atoms with van der Waals surface area (Å²) in [6.45, 7) is 4.74. The van der Waals surface area contributed by atoms with E-state index in [1.54, 1.807) is 0 Å². The maximum atomic E-state index is 12.8. The molecule has 3 aliphatic heterocycles. The molecule has 0 unspecified atom stereocenters. The van der Waals surface area contributed by atoms with Crippen LogP contribution in [0.5, 0.6) is 5.75 Å². The van der Waals surface area contributed by atoms with Crippen molar-refractivity contribution in [2.75, 3.05) is 31.1 Å². The first-order valence-electron chi connectivity index (χ1n) is 10.1. The van der Waals surface area contributed by atoms with Gasteiger partial charge in [0.25, 0.3) is 5.56 Å². The van der Waals surface area contributed by atoms with E-state index in [-0.39, 0.29) is 5.56 Å². The Labute approximate surface area is 159 Å². The van der Waals surface area contributed by atoms with E-state index in [1.807, 2.05) is 24.3 Å². The van der Waals surface area contributed by atoms with Crippen LogP contribution < -0.4 is 15.2 Å². The van der Waals surface area contributed by atoms with Crippen molar-refractivity contribution < 1.29 is 4.74 Å². The number of fused-ring (bicyclic) bond motifs is 2. The van der Waals surface area contributed by atoms with Crippen LogP contribution in [0, 0.1) is 0 Å². The molecule has 1 aromatic heterocycles. The van der Waals surface area contributed by atoms with Gasteiger partial charge in [0.15, 0.2) is 0 Å². The zero-order valence-electron chi connectivity index (χ0n) is 15.6. The summed E-state index contributed by atoms with van der Waals surface area (Å²) in [4.78, 5) is 25.5. The second-order valence-corrected chi connectivity index (χ2v) is 7.85. The van der Waals surface area contributed by atoms with Crippen molar-refractivity contribution in [3.8, 4) is 5.75 Å². The first-order valence-corrected chi connectivity index (χ1v) is 10.1. The van der Waals surface area contributed by atoms with Gasteiger partial charge in [-0.2, -0.15) is 0 Å². The van der Waals surface area contributed by atoms with Crippen LogP contribution in [0.2, 0.25) is 0 Å². The molecule has 0 atom stereocenters. The predicted octanol–water partition coefficient (Wildman–Crippen LogP) is 2.32. The van der Waals surface area contributed by atoms with Crippen LogP contribution in [-0.2, 0) is 13.0 Å². The molecule has 6 heteroatoms. The molecule has 6 nitrogen and oxygen atoms in total. The van der Waals surface area contributed by atoms with Crippen molar-refractivity contribution in [2.45, 2.75) is 44.8 Å². The highest BCUT2D eigenvalue weighted by atomic mass is 16.5. The van der Waals surface area contributed by atoms with Crippen molar-refractivity contribution in [1.29, 1.82) is 0 Å². The fourth-order valence-electron chi connectivity index (χ4n) is 4.66. The summed E-state index contributed by atoms with van der Waals surface area (Å²) in [7, 11) is 0. The molecule has 5 rings (SSSR count). The van der Waals surface area contributed by atoms with Gasteiger partial charge in [-0.15, -0.1) is 0 Å². The lowest BCUT2D eigenvalue weighted by molar-refractivity contribution is 0.207. The average Bonchev–Trinajstić information content (AvgIpc) is 3.17. The number of nitrogens with one attached hydrogen (secondary N) is 1. The van der Waals surface area contributed by atoms with Gasteiger partial charge in [0, 0.05) is 31.1 Å². The first-order chi connectivity index (χ1) is 13.3. The molecule has 0 aliphatic carbocycles. The fourth-order valence-corrected chi connectivity index (χ4v) is 4.66. The molecular formula is C21H26N4O2. The highest BCUT2D eigenvalue weighted by Gasteiger charge is 2.28. The molecule has 3 aliphatic rings. The molecule has 0 radical (unpaired) electrons. The topological polar surface area (TPSA) is 61.5 Å². The van der Waals surface area contributed by atoms with Crippen LogP contribution in [0.1, 0.15) is 42.5 Å². The molecule has 0 saturated carbocycles. The average molecular weight is 366 g/mol. The van der Waals surface area contributed by atoms with Gasteiger partial charge in [-0.25, -0.2) is 4.98 Å². The Morgan fingerprint density at radius 1 is 1.07 bits per heavy atom. The van der Waals surface area contributed by atoms with Crippen LogP contribution >= 0.6 is 0 Å². The van der Waals surface area contributed by atoms with Gasteiger partial charge in [-0.3, -0.25) is 9.78 Å². The summed E-state index contributed by atoms with van der Waals surface area (Å²) in [5, 5.41) is 0. The molecule has 4 heterocycles. The third kappa shape index (κ3) is 3.23. The lowest BCUT2D eigenvalue weighted by atomic mass is 10.0. The summed E-state index contributed by atoms with van der Waals surface area (Å²) >= 11 is 0. The van der Waals surface area contributed by atoms with Gasteiger partial charge in [0.1, 0.15) is 12.4 Å². The molecule has 142 valence electrons. The Bertz CT molecular complexity index is 880. The molecule has 1 N–H and O–H groups in total. The Kier molecular flexibility index (Phi) is 4.36. The van der Waals surface area contributed by atoms with E-state index in [9.17, 15) is 4.79 Å². The van der Waals surface area contributed by atoms with E-state index in [1.165, 1.54) is 25.9 Å². The number of anilines is 1. The Hall–Kier alpha value is -2.34. The van der Waals surface area contributed by atoms with E-state index in [0.29, 0.717) is 25.0 Å². The molecule has 2 fully saturated rings. The summed E-state index contributed by atoms with van der Waals surface area (Å²) in [6, 6.07) is 8.60. The fraction of sp³-hybridized carbons (Fsp3) is 0.524. The van der Waals surface area contributed by atoms with Crippen LogP contribution in [0.25, 0.3) is 0 Å². The number of nitrogens with zero attached hydrogens (tertiary/aromatic N) is 3. The first kappa shape index (κ1) is 16.8. The lowest BCUT2D eigenvalue weighted by Crippen LogP contribution is -2.44. The van der Waals surface area contributed by atoms with Gasteiger partial charge in [0.2, 0.25) is 5.95 Å². The highest BCUT2D eigenvalue weighted by molar-refractivity contribution is 5.42. The number of para-hydroxylation sites is 1. The van der Waals surface area contributed by atoms with Gasteiger partial charge in [-0.05, 0) is 50.4 Å². The number of hydrogen-bond acceptors (Lipinski definition) is 5. The van der Waals surface area contributed by atoms with E-state index in [2.05, 4.69) is 14.8 Å². The number of benzene rings is 1. The second-order valence-electron chi connectivity index (χ2n) is 7.85. The third-order valence-corrected chi connectivity index (χ3v) is 6.21. The summed E-state index contributed by atoms with van der Waals surface area (Å²) in [5.41, 5.74) is 2.52. The van der Waals surface area contributed by atoms with Crippen molar-refractivity contribution in [3.05, 3.63) is 51.4 Å². The van der Waals surface area contributed by atoms with E-state index in [0.717, 1.165) is 48.5 Å². The molecule has 0 bridgehead atoms. The van der Waals surface area contributed by atoms with Crippen LogP contribution in [-0.4, -0.2) is 47.1 Å². The number of H-pyrrole nitrogens is 1. The van der Waals surface area contributed by atoms with Gasteiger partial charge in [0.05, 0.1) is 5.69 Å². The minimum Gasteiger partial charge on any atom is -0.487 e. The third-order valence-electron chi connectivity index (χ3n) is 6.21. The van der Waals surface area contributed by atoms with Gasteiger partial charge < -0.3 is 14.5 Å². The minimum absolute atomic E-state index is 0.0306. The number of aromatic amines is 1. The predicted molar refractivity (Wildman–Crippen MR) is 104 cm³/mol. The van der Waals surface area contributed by atoms with Crippen molar-refractivity contribution in [3.63, 3.8) is 0 Å².